The van der Waals surface area contributed by atoms with E-state index >= 15 is 0 Å². The van der Waals surface area contributed by atoms with E-state index in [1.807, 2.05) is 20.8 Å². The lowest BCUT2D eigenvalue weighted by molar-refractivity contribution is 0.392. The topological polar surface area (TPSA) is 75.9 Å². The van der Waals surface area contributed by atoms with Crippen LogP contribution >= 0.6 is 11.6 Å². The van der Waals surface area contributed by atoms with Gasteiger partial charge >= 0.3 is 0 Å². The molecule has 21 heavy (non-hydrogen) atoms. The molecule has 6 nitrogen and oxygen atoms in total. The maximum absolute atomic E-state index is 6.16. The number of halogens is 1. The summed E-state index contributed by atoms with van der Waals surface area (Å²) < 4.78 is 5.19. The summed E-state index contributed by atoms with van der Waals surface area (Å²) in [5.74, 6) is 1.95. The molecule has 114 valence electrons. The van der Waals surface area contributed by atoms with Crippen LogP contribution in [-0.2, 0) is 0 Å². The Hall–Kier alpha value is -1.82. The first-order chi connectivity index (χ1) is 10.0. The van der Waals surface area contributed by atoms with E-state index in [-0.39, 0.29) is 6.04 Å². The standard InChI is InChI=1S/C14H20ClN5O/c1-5-6-16-14-17-7-11(15)13(19-14)18-8(2)12-9(3)20-21-10(12)4/h7-8H,5-6H2,1-4H3,(H2,16,17,18,19). The lowest BCUT2D eigenvalue weighted by Crippen LogP contribution is -2.12. The van der Waals surface area contributed by atoms with Crippen LogP contribution in [0.3, 0.4) is 0 Å². The molecule has 0 aliphatic heterocycles. The van der Waals surface area contributed by atoms with Gasteiger partial charge in [-0.05, 0) is 27.2 Å². The summed E-state index contributed by atoms with van der Waals surface area (Å²) in [6.07, 6.45) is 2.60. The highest BCUT2D eigenvalue weighted by Gasteiger charge is 2.18. The molecule has 0 aliphatic carbocycles. The zero-order chi connectivity index (χ0) is 15.4. The number of rotatable bonds is 6. The summed E-state index contributed by atoms with van der Waals surface area (Å²) in [5, 5.41) is 10.9. The van der Waals surface area contributed by atoms with Crippen LogP contribution in [0.15, 0.2) is 10.7 Å². The first kappa shape index (κ1) is 15.6. The van der Waals surface area contributed by atoms with Crippen molar-refractivity contribution < 1.29 is 4.52 Å². The molecule has 2 N–H and O–H groups in total. The van der Waals surface area contributed by atoms with Gasteiger partial charge in [-0.1, -0.05) is 23.7 Å². The molecule has 0 aromatic carbocycles. The van der Waals surface area contributed by atoms with Crippen molar-refractivity contribution in [1.29, 1.82) is 0 Å². The summed E-state index contributed by atoms with van der Waals surface area (Å²) in [7, 11) is 0. The third kappa shape index (κ3) is 3.64. The van der Waals surface area contributed by atoms with Crippen molar-refractivity contribution in [2.45, 2.75) is 40.2 Å². The largest absolute Gasteiger partial charge is 0.362 e. The van der Waals surface area contributed by atoms with Gasteiger partial charge in [-0.25, -0.2) is 4.98 Å². The number of aromatic nitrogens is 3. The molecule has 2 heterocycles. The van der Waals surface area contributed by atoms with E-state index in [2.05, 4.69) is 32.7 Å². The minimum atomic E-state index is -0.0114. The van der Waals surface area contributed by atoms with Crippen LogP contribution in [0.1, 0.15) is 43.3 Å². The molecule has 0 saturated carbocycles. The molecule has 7 heteroatoms. The smallest absolute Gasteiger partial charge is 0.224 e. The van der Waals surface area contributed by atoms with Crippen molar-refractivity contribution in [2.24, 2.45) is 0 Å². The molecule has 0 fully saturated rings. The highest BCUT2D eigenvalue weighted by Crippen LogP contribution is 2.27. The Morgan fingerprint density at radius 3 is 2.76 bits per heavy atom. The fraction of sp³-hybridized carbons (Fsp3) is 0.500. The maximum atomic E-state index is 6.16. The van der Waals surface area contributed by atoms with Crippen molar-refractivity contribution in [1.82, 2.24) is 15.1 Å². The zero-order valence-corrected chi connectivity index (χ0v) is 13.5. The first-order valence-electron chi connectivity index (χ1n) is 6.98. The van der Waals surface area contributed by atoms with E-state index in [4.69, 9.17) is 16.1 Å². The second-order valence-corrected chi connectivity index (χ2v) is 5.33. The molecule has 0 spiro atoms. The van der Waals surface area contributed by atoms with Crippen LogP contribution in [0.4, 0.5) is 11.8 Å². The van der Waals surface area contributed by atoms with Crippen molar-refractivity contribution in [3.63, 3.8) is 0 Å². The molecular formula is C14H20ClN5O. The van der Waals surface area contributed by atoms with Crippen molar-refractivity contribution in [3.8, 4) is 0 Å². The van der Waals surface area contributed by atoms with E-state index < -0.39 is 0 Å². The Kier molecular flexibility index (Phi) is 5.01. The van der Waals surface area contributed by atoms with Gasteiger partial charge in [0.1, 0.15) is 10.8 Å². The second kappa shape index (κ2) is 6.76. The second-order valence-electron chi connectivity index (χ2n) is 4.92. The summed E-state index contributed by atoms with van der Waals surface area (Å²) in [6, 6.07) is -0.0114. The fourth-order valence-electron chi connectivity index (χ4n) is 2.18. The van der Waals surface area contributed by atoms with Crippen LogP contribution in [0.25, 0.3) is 0 Å². The summed E-state index contributed by atoms with van der Waals surface area (Å²) >= 11 is 6.16. The average molecular weight is 310 g/mol. The number of nitrogens with one attached hydrogen (secondary N) is 2. The third-order valence-electron chi connectivity index (χ3n) is 3.15. The van der Waals surface area contributed by atoms with Crippen molar-refractivity contribution in [3.05, 3.63) is 28.2 Å². The Morgan fingerprint density at radius 1 is 1.38 bits per heavy atom. The molecule has 2 aromatic rings. The van der Waals surface area contributed by atoms with Gasteiger partial charge in [-0.3, -0.25) is 0 Å². The van der Waals surface area contributed by atoms with Gasteiger partial charge in [-0.2, -0.15) is 4.98 Å². The van der Waals surface area contributed by atoms with E-state index in [1.54, 1.807) is 6.20 Å². The van der Waals surface area contributed by atoms with E-state index in [1.165, 1.54) is 0 Å². The summed E-state index contributed by atoms with van der Waals surface area (Å²) in [4.78, 5) is 8.56. The Labute approximate surface area is 129 Å². The van der Waals surface area contributed by atoms with Crippen LogP contribution in [0, 0.1) is 13.8 Å². The summed E-state index contributed by atoms with van der Waals surface area (Å²) in [5.41, 5.74) is 1.88. The Bertz CT molecular complexity index is 594. The van der Waals surface area contributed by atoms with Gasteiger partial charge < -0.3 is 15.2 Å². The highest BCUT2D eigenvalue weighted by atomic mass is 35.5. The van der Waals surface area contributed by atoms with Crippen molar-refractivity contribution >= 4 is 23.4 Å². The molecule has 2 aromatic heterocycles. The van der Waals surface area contributed by atoms with Gasteiger partial charge in [0.05, 0.1) is 17.9 Å². The molecule has 0 amide bonds. The van der Waals surface area contributed by atoms with Gasteiger partial charge in [0.2, 0.25) is 5.95 Å². The number of hydrogen-bond donors (Lipinski definition) is 2. The normalized spacial score (nSPS) is 12.2. The quantitative estimate of drug-likeness (QED) is 0.846. The van der Waals surface area contributed by atoms with Crippen LogP contribution in [-0.4, -0.2) is 21.7 Å². The molecule has 0 saturated heterocycles. The SMILES string of the molecule is CCCNc1ncc(Cl)c(NC(C)c2c(C)noc2C)n1. The monoisotopic (exact) mass is 309 g/mol. The molecule has 0 bridgehead atoms. The van der Waals surface area contributed by atoms with E-state index in [9.17, 15) is 0 Å². The van der Waals surface area contributed by atoms with Crippen LogP contribution in [0.5, 0.6) is 0 Å². The van der Waals surface area contributed by atoms with Gasteiger partial charge in [0.15, 0.2) is 5.82 Å². The molecule has 1 atom stereocenters. The number of anilines is 2. The van der Waals surface area contributed by atoms with Gasteiger partial charge in [-0.15, -0.1) is 0 Å². The predicted molar refractivity (Wildman–Crippen MR) is 83.8 cm³/mol. The molecule has 1 unspecified atom stereocenters. The molecule has 0 radical (unpaired) electrons. The van der Waals surface area contributed by atoms with E-state index in [0.717, 1.165) is 30.0 Å². The molecule has 0 aliphatic rings. The minimum Gasteiger partial charge on any atom is -0.362 e. The van der Waals surface area contributed by atoms with Crippen molar-refractivity contribution in [2.75, 3.05) is 17.2 Å². The highest BCUT2D eigenvalue weighted by molar-refractivity contribution is 6.32. The predicted octanol–water partition coefficient (Wildman–Crippen LogP) is 3.73. The average Bonchev–Trinajstić information content (AvgIpc) is 2.79. The summed E-state index contributed by atoms with van der Waals surface area (Å²) in [6.45, 7) is 8.73. The Balaban J connectivity index is 2.18. The third-order valence-corrected chi connectivity index (χ3v) is 3.43. The fourth-order valence-corrected chi connectivity index (χ4v) is 2.32. The maximum Gasteiger partial charge on any atom is 0.224 e. The number of nitrogens with zero attached hydrogens (tertiary/aromatic N) is 3. The zero-order valence-electron chi connectivity index (χ0n) is 12.7. The lowest BCUT2D eigenvalue weighted by Gasteiger charge is -2.16. The van der Waals surface area contributed by atoms with Gasteiger partial charge in [0, 0.05) is 12.1 Å². The minimum absolute atomic E-state index is 0.0114. The molecule has 2 rings (SSSR count). The molecular weight excluding hydrogens is 290 g/mol. The van der Waals surface area contributed by atoms with Crippen LogP contribution in [0.2, 0.25) is 5.02 Å². The lowest BCUT2D eigenvalue weighted by atomic mass is 10.1. The van der Waals surface area contributed by atoms with Gasteiger partial charge in [0.25, 0.3) is 0 Å². The number of aryl methyl sites for hydroxylation is 2. The van der Waals surface area contributed by atoms with Crippen LogP contribution < -0.4 is 10.6 Å². The van der Waals surface area contributed by atoms with E-state index in [0.29, 0.717) is 16.8 Å². The first-order valence-corrected chi connectivity index (χ1v) is 7.36. The Morgan fingerprint density at radius 2 is 2.14 bits per heavy atom. The number of hydrogen-bond acceptors (Lipinski definition) is 6.